The van der Waals surface area contributed by atoms with Crippen molar-refractivity contribution in [3.05, 3.63) is 32.9 Å². The Morgan fingerprint density at radius 3 is 2.41 bits per heavy atom. The second-order valence-corrected chi connectivity index (χ2v) is 5.85. The minimum atomic E-state index is 0.205. The highest BCUT2D eigenvalue weighted by Crippen LogP contribution is 2.18. The Morgan fingerprint density at radius 2 is 1.82 bits per heavy atom. The van der Waals surface area contributed by atoms with Crippen LogP contribution in [0, 0.1) is 10.5 Å². The second-order valence-electron chi connectivity index (χ2n) is 4.69. The maximum absolute atomic E-state index is 12.4. The van der Waals surface area contributed by atoms with Crippen LogP contribution in [0.4, 0.5) is 0 Å². The van der Waals surface area contributed by atoms with Crippen LogP contribution >= 0.6 is 22.6 Å². The van der Waals surface area contributed by atoms with Gasteiger partial charge in [0.25, 0.3) is 5.91 Å². The molecule has 2 nitrogen and oxygen atoms in total. The monoisotopic (exact) mass is 343 g/mol. The minimum Gasteiger partial charge on any atom is -0.339 e. The zero-order valence-corrected chi connectivity index (χ0v) is 12.4. The van der Waals surface area contributed by atoms with Gasteiger partial charge in [0.2, 0.25) is 0 Å². The van der Waals surface area contributed by atoms with Gasteiger partial charge >= 0.3 is 0 Å². The van der Waals surface area contributed by atoms with Gasteiger partial charge in [0.1, 0.15) is 0 Å². The molecular weight excluding hydrogens is 325 g/mol. The van der Waals surface area contributed by atoms with E-state index in [0.29, 0.717) is 0 Å². The first-order chi connectivity index (χ1) is 8.18. The molecule has 1 fully saturated rings. The summed E-state index contributed by atoms with van der Waals surface area (Å²) >= 11 is 2.26. The summed E-state index contributed by atoms with van der Waals surface area (Å²) in [5, 5.41) is 0. The van der Waals surface area contributed by atoms with Gasteiger partial charge in [-0.1, -0.05) is 24.5 Å². The molecule has 1 heterocycles. The van der Waals surface area contributed by atoms with Gasteiger partial charge in [0, 0.05) is 16.7 Å². The van der Waals surface area contributed by atoms with Crippen LogP contribution in [0.5, 0.6) is 0 Å². The first kappa shape index (κ1) is 12.9. The van der Waals surface area contributed by atoms with Crippen molar-refractivity contribution in [2.75, 3.05) is 13.1 Å². The van der Waals surface area contributed by atoms with E-state index in [1.807, 2.05) is 17.0 Å². The third-order valence-corrected chi connectivity index (χ3v) is 4.14. The van der Waals surface area contributed by atoms with E-state index in [1.54, 1.807) is 0 Å². The standard InChI is InChI=1S/C14H18INO/c1-11-6-7-12(13(15)10-11)14(17)16-8-4-2-3-5-9-16/h6-7,10H,2-5,8-9H2,1H3. The molecule has 1 aromatic carbocycles. The van der Waals surface area contributed by atoms with Crippen LogP contribution in [0.3, 0.4) is 0 Å². The Bertz CT molecular complexity index is 409. The molecule has 3 heteroatoms. The number of rotatable bonds is 1. The molecule has 2 rings (SSSR count). The Morgan fingerprint density at radius 1 is 1.18 bits per heavy atom. The third kappa shape index (κ3) is 3.21. The highest BCUT2D eigenvalue weighted by molar-refractivity contribution is 14.1. The zero-order chi connectivity index (χ0) is 12.3. The Labute approximate surface area is 117 Å². The Hall–Kier alpha value is -0.580. The summed E-state index contributed by atoms with van der Waals surface area (Å²) in [6.07, 6.45) is 4.81. The number of carbonyl (C=O) groups is 1. The topological polar surface area (TPSA) is 20.3 Å². The summed E-state index contributed by atoms with van der Waals surface area (Å²) in [6, 6.07) is 6.06. The Balaban J connectivity index is 2.17. The molecule has 92 valence electrons. The highest BCUT2D eigenvalue weighted by atomic mass is 127. The van der Waals surface area contributed by atoms with Crippen molar-refractivity contribution in [3.63, 3.8) is 0 Å². The number of amides is 1. The van der Waals surface area contributed by atoms with E-state index in [0.717, 1.165) is 35.1 Å². The summed E-state index contributed by atoms with van der Waals surface area (Å²) in [6.45, 7) is 3.90. The summed E-state index contributed by atoms with van der Waals surface area (Å²) in [5.41, 5.74) is 2.07. The van der Waals surface area contributed by atoms with Crippen molar-refractivity contribution < 1.29 is 4.79 Å². The highest BCUT2D eigenvalue weighted by Gasteiger charge is 2.18. The number of benzene rings is 1. The van der Waals surface area contributed by atoms with E-state index in [2.05, 4.69) is 35.6 Å². The maximum atomic E-state index is 12.4. The lowest BCUT2D eigenvalue weighted by Crippen LogP contribution is -2.32. The van der Waals surface area contributed by atoms with E-state index < -0.39 is 0 Å². The molecule has 1 aromatic rings. The molecule has 1 aliphatic rings. The van der Waals surface area contributed by atoms with Crippen LogP contribution in [0.15, 0.2) is 18.2 Å². The molecule has 0 spiro atoms. The molecule has 1 aliphatic heterocycles. The van der Waals surface area contributed by atoms with Crippen molar-refractivity contribution in [2.45, 2.75) is 32.6 Å². The lowest BCUT2D eigenvalue weighted by molar-refractivity contribution is 0.0760. The quantitative estimate of drug-likeness (QED) is 0.714. The summed E-state index contributed by atoms with van der Waals surface area (Å²) < 4.78 is 1.07. The molecule has 0 saturated carbocycles. The molecular formula is C14H18INO. The lowest BCUT2D eigenvalue weighted by atomic mass is 10.1. The van der Waals surface area contributed by atoms with Crippen LogP contribution in [-0.4, -0.2) is 23.9 Å². The Kier molecular flexibility index (Phi) is 4.42. The van der Waals surface area contributed by atoms with Gasteiger partial charge in [-0.05, 0) is 54.5 Å². The van der Waals surface area contributed by atoms with Crippen LogP contribution in [0.25, 0.3) is 0 Å². The fourth-order valence-electron chi connectivity index (χ4n) is 2.24. The van der Waals surface area contributed by atoms with Crippen molar-refractivity contribution in [1.29, 1.82) is 0 Å². The predicted octanol–water partition coefficient (Wildman–Crippen LogP) is 3.62. The number of hydrogen-bond acceptors (Lipinski definition) is 1. The van der Waals surface area contributed by atoms with Gasteiger partial charge in [-0.25, -0.2) is 0 Å². The molecule has 0 N–H and O–H groups in total. The molecule has 0 atom stereocenters. The van der Waals surface area contributed by atoms with Crippen LogP contribution < -0.4 is 0 Å². The fourth-order valence-corrected chi connectivity index (χ4v) is 3.14. The number of carbonyl (C=O) groups excluding carboxylic acids is 1. The van der Waals surface area contributed by atoms with Gasteiger partial charge in [-0.2, -0.15) is 0 Å². The van der Waals surface area contributed by atoms with E-state index in [4.69, 9.17) is 0 Å². The zero-order valence-electron chi connectivity index (χ0n) is 10.2. The predicted molar refractivity (Wildman–Crippen MR) is 78.3 cm³/mol. The summed E-state index contributed by atoms with van der Waals surface area (Å²) in [7, 11) is 0. The van der Waals surface area contributed by atoms with Gasteiger partial charge in [-0.15, -0.1) is 0 Å². The van der Waals surface area contributed by atoms with Crippen LogP contribution in [0.1, 0.15) is 41.6 Å². The number of hydrogen-bond donors (Lipinski definition) is 0. The van der Waals surface area contributed by atoms with Crippen molar-refractivity contribution >= 4 is 28.5 Å². The van der Waals surface area contributed by atoms with E-state index in [-0.39, 0.29) is 5.91 Å². The van der Waals surface area contributed by atoms with Gasteiger partial charge in [0.15, 0.2) is 0 Å². The molecule has 0 radical (unpaired) electrons. The number of likely N-dealkylation sites (tertiary alicyclic amines) is 1. The fraction of sp³-hybridized carbons (Fsp3) is 0.500. The first-order valence-electron chi connectivity index (χ1n) is 6.24. The number of nitrogens with zero attached hydrogens (tertiary/aromatic N) is 1. The average Bonchev–Trinajstić information content (AvgIpc) is 2.56. The van der Waals surface area contributed by atoms with Crippen LogP contribution in [-0.2, 0) is 0 Å². The molecule has 1 amide bonds. The molecule has 0 bridgehead atoms. The average molecular weight is 343 g/mol. The molecule has 17 heavy (non-hydrogen) atoms. The molecule has 1 saturated heterocycles. The van der Waals surface area contributed by atoms with Crippen molar-refractivity contribution in [2.24, 2.45) is 0 Å². The third-order valence-electron chi connectivity index (χ3n) is 3.25. The lowest BCUT2D eigenvalue weighted by Gasteiger charge is -2.21. The normalized spacial score (nSPS) is 16.7. The molecule has 0 aliphatic carbocycles. The minimum absolute atomic E-state index is 0.205. The van der Waals surface area contributed by atoms with Crippen LogP contribution in [0.2, 0.25) is 0 Å². The van der Waals surface area contributed by atoms with Crippen molar-refractivity contribution in [1.82, 2.24) is 4.90 Å². The number of halogens is 1. The summed E-state index contributed by atoms with van der Waals surface area (Å²) in [5.74, 6) is 0.205. The van der Waals surface area contributed by atoms with Gasteiger partial charge in [0.05, 0.1) is 5.56 Å². The smallest absolute Gasteiger partial charge is 0.254 e. The van der Waals surface area contributed by atoms with E-state index in [1.165, 1.54) is 18.4 Å². The first-order valence-corrected chi connectivity index (χ1v) is 7.32. The molecule has 0 unspecified atom stereocenters. The largest absolute Gasteiger partial charge is 0.339 e. The van der Waals surface area contributed by atoms with Gasteiger partial charge in [-0.3, -0.25) is 4.79 Å². The maximum Gasteiger partial charge on any atom is 0.254 e. The van der Waals surface area contributed by atoms with E-state index in [9.17, 15) is 4.79 Å². The molecule has 0 aromatic heterocycles. The number of aryl methyl sites for hydroxylation is 1. The van der Waals surface area contributed by atoms with E-state index >= 15 is 0 Å². The van der Waals surface area contributed by atoms with Crippen molar-refractivity contribution in [3.8, 4) is 0 Å². The second kappa shape index (κ2) is 5.85. The SMILES string of the molecule is Cc1ccc(C(=O)N2CCCCCC2)c(I)c1. The van der Waals surface area contributed by atoms with Gasteiger partial charge < -0.3 is 4.90 Å². The summed E-state index contributed by atoms with van der Waals surface area (Å²) in [4.78, 5) is 14.4.